The third kappa shape index (κ3) is 3.15. The number of carbonyl (C=O) groups excluding carboxylic acids is 1. The molecule has 0 unspecified atom stereocenters. The van der Waals surface area contributed by atoms with E-state index in [4.69, 9.17) is 4.74 Å². The van der Waals surface area contributed by atoms with Gasteiger partial charge in [-0.05, 0) is 26.7 Å². The monoisotopic (exact) mass is 320 g/mol. The molecule has 2 aliphatic rings. The predicted molar refractivity (Wildman–Crippen MR) is 88.5 cm³/mol. The van der Waals surface area contributed by atoms with Crippen molar-refractivity contribution in [3.63, 3.8) is 0 Å². The highest BCUT2D eigenvalue weighted by Crippen LogP contribution is 2.38. The largest absolute Gasteiger partial charge is 0.379 e. The first-order valence-corrected chi connectivity index (χ1v) is 8.67. The number of carbonyl (C=O) groups is 1. The van der Waals surface area contributed by atoms with Crippen molar-refractivity contribution in [1.82, 2.24) is 20.0 Å². The molecule has 1 amide bonds. The van der Waals surface area contributed by atoms with E-state index in [2.05, 4.69) is 22.2 Å². The van der Waals surface area contributed by atoms with Crippen molar-refractivity contribution in [2.45, 2.75) is 51.1 Å². The Bertz CT molecular complexity index is 557. The van der Waals surface area contributed by atoms with E-state index < -0.39 is 0 Å². The molecule has 0 aromatic carbocycles. The number of nitrogens with zero attached hydrogens (tertiary/aromatic N) is 3. The van der Waals surface area contributed by atoms with Gasteiger partial charge in [-0.15, -0.1) is 0 Å². The lowest BCUT2D eigenvalue weighted by atomic mass is 9.86. The fourth-order valence-corrected chi connectivity index (χ4v) is 4.25. The van der Waals surface area contributed by atoms with Crippen molar-refractivity contribution < 1.29 is 9.53 Å². The lowest BCUT2D eigenvalue weighted by Gasteiger charge is -2.47. The fraction of sp³-hybridized carbons (Fsp3) is 0.765. The molecule has 1 aromatic heterocycles. The summed E-state index contributed by atoms with van der Waals surface area (Å²) in [6, 6.07) is 0.121. The molecule has 1 saturated heterocycles. The average Bonchev–Trinajstić information content (AvgIpc) is 3.15. The standard InChI is InChI=1S/C17H28N4O2/c1-13-15(12-20(3)19-13)16(22)18-14(2)17(6-4-5-7-17)21-8-10-23-11-9-21/h12,14H,4-11H2,1-3H3,(H,18,22)/t14-/m0/s1. The van der Waals surface area contributed by atoms with Gasteiger partial charge in [0.15, 0.2) is 0 Å². The van der Waals surface area contributed by atoms with Gasteiger partial charge in [0, 0.05) is 37.9 Å². The van der Waals surface area contributed by atoms with Gasteiger partial charge in [-0.3, -0.25) is 14.4 Å². The van der Waals surface area contributed by atoms with Crippen molar-refractivity contribution in [2.24, 2.45) is 7.05 Å². The van der Waals surface area contributed by atoms with Crippen LogP contribution in [0.5, 0.6) is 0 Å². The molecule has 23 heavy (non-hydrogen) atoms. The third-order valence-corrected chi connectivity index (χ3v) is 5.52. The van der Waals surface area contributed by atoms with E-state index in [9.17, 15) is 4.79 Å². The number of nitrogens with one attached hydrogen (secondary N) is 1. The van der Waals surface area contributed by atoms with Crippen LogP contribution < -0.4 is 5.32 Å². The summed E-state index contributed by atoms with van der Waals surface area (Å²) in [7, 11) is 1.85. The molecular formula is C17H28N4O2. The van der Waals surface area contributed by atoms with Gasteiger partial charge >= 0.3 is 0 Å². The maximum absolute atomic E-state index is 12.7. The molecule has 128 valence electrons. The minimum Gasteiger partial charge on any atom is -0.379 e. The van der Waals surface area contributed by atoms with Crippen LogP contribution in [0, 0.1) is 6.92 Å². The molecule has 0 spiro atoms. The SMILES string of the molecule is Cc1nn(C)cc1C(=O)N[C@@H](C)C1(N2CCOCC2)CCCC1. The molecular weight excluding hydrogens is 292 g/mol. The fourth-order valence-electron chi connectivity index (χ4n) is 4.25. The van der Waals surface area contributed by atoms with Gasteiger partial charge < -0.3 is 10.1 Å². The first-order valence-electron chi connectivity index (χ1n) is 8.67. The molecule has 1 saturated carbocycles. The van der Waals surface area contributed by atoms with Crippen LogP contribution in [-0.4, -0.2) is 58.5 Å². The number of morpholine rings is 1. The Morgan fingerprint density at radius 3 is 2.57 bits per heavy atom. The minimum atomic E-state index is -0.0114. The third-order valence-electron chi connectivity index (χ3n) is 5.52. The average molecular weight is 320 g/mol. The van der Waals surface area contributed by atoms with Crippen LogP contribution in [-0.2, 0) is 11.8 Å². The summed E-state index contributed by atoms with van der Waals surface area (Å²) < 4.78 is 7.21. The molecule has 2 heterocycles. The van der Waals surface area contributed by atoms with Crippen molar-refractivity contribution >= 4 is 5.91 Å². The molecule has 1 N–H and O–H groups in total. The molecule has 6 heteroatoms. The molecule has 1 aromatic rings. The zero-order valence-electron chi connectivity index (χ0n) is 14.5. The van der Waals surface area contributed by atoms with E-state index in [-0.39, 0.29) is 17.5 Å². The normalized spacial score (nSPS) is 22.9. The van der Waals surface area contributed by atoms with Crippen LogP contribution in [0.3, 0.4) is 0 Å². The van der Waals surface area contributed by atoms with Gasteiger partial charge in [-0.25, -0.2) is 0 Å². The van der Waals surface area contributed by atoms with Gasteiger partial charge in [0.05, 0.1) is 24.5 Å². The Hall–Kier alpha value is -1.40. The van der Waals surface area contributed by atoms with Gasteiger partial charge in [0.1, 0.15) is 0 Å². The van der Waals surface area contributed by atoms with E-state index >= 15 is 0 Å². The highest BCUT2D eigenvalue weighted by Gasteiger charge is 2.45. The second-order valence-corrected chi connectivity index (χ2v) is 6.91. The Labute approximate surface area is 138 Å². The zero-order chi connectivity index (χ0) is 16.4. The Balaban J connectivity index is 1.75. The smallest absolute Gasteiger partial charge is 0.255 e. The van der Waals surface area contributed by atoms with E-state index in [0.29, 0.717) is 5.56 Å². The summed E-state index contributed by atoms with van der Waals surface area (Å²) in [5, 5.41) is 7.53. The van der Waals surface area contributed by atoms with E-state index in [1.807, 2.05) is 14.0 Å². The Kier molecular flexibility index (Phi) is 4.73. The predicted octanol–water partition coefficient (Wildman–Crippen LogP) is 1.49. The van der Waals surface area contributed by atoms with Crippen LogP contribution in [0.4, 0.5) is 0 Å². The lowest BCUT2D eigenvalue weighted by molar-refractivity contribution is -0.0323. The number of ether oxygens (including phenoxy) is 1. The summed E-state index contributed by atoms with van der Waals surface area (Å²) in [4.78, 5) is 15.2. The maximum Gasteiger partial charge on any atom is 0.255 e. The highest BCUT2D eigenvalue weighted by molar-refractivity contribution is 5.95. The summed E-state index contributed by atoms with van der Waals surface area (Å²) in [5.41, 5.74) is 1.54. The number of hydrogen-bond acceptors (Lipinski definition) is 4. The van der Waals surface area contributed by atoms with Crippen LogP contribution in [0.25, 0.3) is 0 Å². The van der Waals surface area contributed by atoms with Crippen molar-refractivity contribution in [1.29, 1.82) is 0 Å². The van der Waals surface area contributed by atoms with Gasteiger partial charge in [-0.2, -0.15) is 5.10 Å². The zero-order valence-corrected chi connectivity index (χ0v) is 14.5. The molecule has 0 bridgehead atoms. The topological polar surface area (TPSA) is 59.4 Å². The molecule has 1 atom stereocenters. The molecule has 6 nitrogen and oxygen atoms in total. The second-order valence-electron chi connectivity index (χ2n) is 6.91. The van der Waals surface area contributed by atoms with Crippen LogP contribution in [0.1, 0.15) is 48.7 Å². The van der Waals surface area contributed by atoms with Gasteiger partial charge in [-0.1, -0.05) is 12.8 Å². The summed E-state index contributed by atoms with van der Waals surface area (Å²) >= 11 is 0. The highest BCUT2D eigenvalue weighted by atomic mass is 16.5. The first kappa shape index (κ1) is 16.5. The number of rotatable bonds is 4. The Morgan fingerprint density at radius 2 is 2.00 bits per heavy atom. The number of hydrogen-bond donors (Lipinski definition) is 1. The lowest BCUT2D eigenvalue weighted by Crippen LogP contribution is -2.62. The summed E-state index contributed by atoms with van der Waals surface area (Å²) in [5.74, 6) is -0.0114. The van der Waals surface area contributed by atoms with Crippen LogP contribution >= 0.6 is 0 Å². The molecule has 0 radical (unpaired) electrons. The van der Waals surface area contributed by atoms with Crippen molar-refractivity contribution in [2.75, 3.05) is 26.3 Å². The van der Waals surface area contributed by atoms with Crippen LogP contribution in [0.15, 0.2) is 6.20 Å². The van der Waals surface area contributed by atoms with Crippen LogP contribution in [0.2, 0.25) is 0 Å². The molecule has 3 rings (SSSR count). The molecule has 1 aliphatic carbocycles. The minimum absolute atomic E-state index is 0.0114. The number of aryl methyl sites for hydroxylation is 2. The number of amides is 1. The maximum atomic E-state index is 12.7. The van der Waals surface area contributed by atoms with E-state index in [0.717, 1.165) is 44.8 Å². The van der Waals surface area contributed by atoms with E-state index in [1.165, 1.54) is 12.8 Å². The van der Waals surface area contributed by atoms with E-state index in [1.54, 1.807) is 10.9 Å². The summed E-state index contributed by atoms with van der Waals surface area (Å²) in [6.07, 6.45) is 6.58. The second kappa shape index (κ2) is 6.61. The molecule has 2 fully saturated rings. The first-order chi connectivity index (χ1) is 11.0. The number of aromatic nitrogens is 2. The Morgan fingerprint density at radius 1 is 1.35 bits per heavy atom. The van der Waals surface area contributed by atoms with Gasteiger partial charge in [0.25, 0.3) is 5.91 Å². The quantitative estimate of drug-likeness (QED) is 0.913. The van der Waals surface area contributed by atoms with Crippen molar-refractivity contribution in [3.05, 3.63) is 17.5 Å². The van der Waals surface area contributed by atoms with Crippen molar-refractivity contribution in [3.8, 4) is 0 Å². The van der Waals surface area contributed by atoms with Gasteiger partial charge in [0.2, 0.25) is 0 Å². The molecule has 1 aliphatic heterocycles. The summed E-state index contributed by atoms with van der Waals surface area (Å²) in [6.45, 7) is 7.56.